The summed E-state index contributed by atoms with van der Waals surface area (Å²) in [5.74, 6) is -3.04. The highest BCUT2D eigenvalue weighted by molar-refractivity contribution is 5.11. The van der Waals surface area contributed by atoms with Gasteiger partial charge in [0, 0.05) is 18.4 Å². The molecule has 0 saturated heterocycles. The smallest absolute Gasteiger partial charge is 0.254 e. The molecule has 2 aliphatic rings. The van der Waals surface area contributed by atoms with Crippen LogP contribution in [0.2, 0.25) is 0 Å². The standard InChI is InChI=1S/C8H12F2O/c1-2-11-5-3-6-7(4-5)8(6,9)10/h5-7H,2-4H2,1H3. The lowest BCUT2D eigenvalue weighted by Crippen LogP contribution is -2.15. The molecule has 1 nitrogen and oxygen atoms in total. The van der Waals surface area contributed by atoms with E-state index in [1.165, 1.54) is 0 Å². The van der Waals surface area contributed by atoms with Gasteiger partial charge in [-0.05, 0) is 19.8 Å². The molecule has 11 heavy (non-hydrogen) atoms. The van der Waals surface area contributed by atoms with Crippen LogP contribution < -0.4 is 0 Å². The molecule has 0 radical (unpaired) electrons. The van der Waals surface area contributed by atoms with Crippen LogP contribution in [0.3, 0.4) is 0 Å². The minimum absolute atomic E-state index is 0.120. The molecule has 2 saturated carbocycles. The van der Waals surface area contributed by atoms with Crippen LogP contribution >= 0.6 is 0 Å². The third-order valence-electron chi connectivity index (χ3n) is 2.80. The molecule has 64 valence electrons. The van der Waals surface area contributed by atoms with E-state index in [-0.39, 0.29) is 17.9 Å². The van der Waals surface area contributed by atoms with Gasteiger partial charge in [0.05, 0.1) is 6.10 Å². The Bertz CT molecular complexity index is 155. The van der Waals surface area contributed by atoms with Crippen LogP contribution in [-0.2, 0) is 4.74 Å². The Hall–Kier alpha value is -0.180. The van der Waals surface area contributed by atoms with Crippen molar-refractivity contribution in [2.24, 2.45) is 11.8 Å². The third-order valence-corrected chi connectivity index (χ3v) is 2.80. The van der Waals surface area contributed by atoms with Gasteiger partial charge >= 0.3 is 0 Å². The van der Waals surface area contributed by atoms with Crippen molar-refractivity contribution < 1.29 is 13.5 Å². The minimum Gasteiger partial charge on any atom is -0.378 e. The fourth-order valence-electron chi connectivity index (χ4n) is 2.14. The highest BCUT2D eigenvalue weighted by Gasteiger charge is 2.71. The molecular weight excluding hydrogens is 150 g/mol. The monoisotopic (exact) mass is 162 g/mol. The molecule has 0 aromatic carbocycles. The van der Waals surface area contributed by atoms with E-state index >= 15 is 0 Å². The van der Waals surface area contributed by atoms with Crippen molar-refractivity contribution in [3.63, 3.8) is 0 Å². The summed E-state index contributed by atoms with van der Waals surface area (Å²) in [4.78, 5) is 0. The van der Waals surface area contributed by atoms with Crippen LogP contribution in [0.25, 0.3) is 0 Å². The zero-order valence-corrected chi connectivity index (χ0v) is 6.52. The summed E-state index contributed by atoms with van der Waals surface area (Å²) in [6.45, 7) is 2.55. The van der Waals surface area contributed by atoms with E-state index in [0.29, 0.717) is 19.4 Å². The first-order chi connectivity index (χ1) is 5.16. The van der Waals surface area contributed by atoms with Crippen molar-refractivity contribution in [2.45, 2.75) is 31.8 Å². The maximum absolute atomic E-state index is 12.6. The van der Waals surface area contributed by atoms with Gasteiger partial charge in [-0.3, -0.25) is 0 Å². The number of alkyl halides is 2. The molecular formula is C8H12F2O. The van der Waals surface area contributed by atoms with Crippen molar-refractivity contribution in [3.05, 3.63) is 0 Å². The van der Waals surface area contributed by atoms with E-state index in [1.807, 2.05) is 6.92 Å². The van der Waals surface area contributed by atoms with E-state index in [9.17, 15) is 8.78 Å². The number of rotatable bonds is 2. The van der Waals surface area contributed by atoms with Crippen molar-refractivity contribution in [1.29, 1.82) is 0 Å². The normalized spacial score (nSPS) is 45.5. The first-order valence-electron chi connectivity index (χ1n) is 4.15. The summed E-state index contributed by atoms with van der Waals surface area (Å²) in [5.41, 5.74) is 0. The van der Waals surface area contributed by atoms with Crippen LogP contribution in [0, 0.1) is 11.8 Å². The van der Waals surface area contributed by atoms with Crippen LogP contribution in [0.4, 0.5) is 8.78 Å². The summed E-state index contributed by atoms with van der Waals surface area (Å²) in [6, 6.07) is 0. The second-order valence-corrected chi connectivity index (χ2v) is 3.44. The van der Waals surface area contributed by atoms with E-state index in [1.54, 1.807) is 0 Å². The topological polar surface area (TPSA) is 9.23 Å². The third kappa shape index (κ3) is 0.975. The lowest BCUT2D eigenvalue weighted by atomic mass is 10.2. The van der Waals surface area contributed by atoms with Gasteiger partial charge in [-0.25, -0.2) is 8.78 Å². The Kier molecular flexibility index (Phi) is 1.46. The molecule has 0 aromatic rings. The first kappa shape index (κ1) is 7.47. The van der Waals surface area contributed by atoms with Crippen molar-refractivity contribution in [1.82, 2.24) is 0 Å². The molecule has 2 aliphatic carbocycles. The van der Waals surface area contributed by atoms with Gasteiger partial charge in [-0.2, -0.15) is 0 Å². The Morgan fingerprint density at radius 1 is 1.36 bits per heavy atom. The molecule has 0 bridgehead atoms. The molecule has 0 spiro atoms. The largest absolute Gasteiger partial charge is 0.378 e. The molecule has 3 heteroatoms. The van der Waals surface area contributed by atoms with Gasteiger partial charge in [0.2, 0.25) is 0 Å². The van der Waals surface area contributed by atoms with Gasteiger partial charge in [-0.1, -0.05) is 0 Å². The summed E-state index contributed by atoms with van der Waals surface area (Å²) in [5, 5.41) is 0. The van der Waals surface area contributed by atoms with E-state index in [4.69, 9.17) is 4.74 Å². The number of fused-ring (bicyclic) bond motifs is 1. The van der Waals surface area contributed by atoms with Gasteiger partial charge in [0.15, 0.2) is 0 Å². The van der Waals surface area contributed by atoms with Gasteiger partial charge in [-0.15, -0.1) is 0 Å². The van der Waals surface area contributed by atoms with Crippen molar-refractivity contribution in [3.8, 4) is 0 Å². The van der Waals surface area contributed by atoms with Gasteiger partial charge < -0.3 is 4.74 Å². The zero-order chi connectivity index (χ0) is 8.06. The van der Waals surface area contributed by atoms with Crippen molar-refractivity contribution in [2.75, 3.05) is 6.61 Å². The quantitative estimate of drug-likeness (QED) is 0.604. The summed E-state index contributed by atoms with van der Waals surface area (Å²) in [7, 11) is 0. The maximum atomic E-state index is 12.6. The molecule has 2 unspecified atom stereocenters. The number of ether oxygens (including phenoxy) is 1. The van der Waals surface area contributed by atoms with Crippen LogP contribution in [-0.4, -0.2) is 18.6 Å². The van der Waals surface area contributed by atoms with Crippen LogP contribution in [0.1, 0.15) is 19.8 Å². The lowest BCUT2D eigenvalue weighted by Gasteiger charge is -2.13. The Labute approximate surface area is 64.7 Å². The predicted octanol–water partition coefficient (Wildman–Crippen LogP) is 2.07. The Balaban J connectivity index is 1.85. The summed E-state index contributed by atoms with van der Waals surface area (Å²) in [6.07, 6.45) is 1.27. The van der Waals surface area contributed by atoms with Gasteiger partial charge in [0.1, 0.15) is 0 Å². The number of hydrogen-bond acceptors (Lipinski definition) is 1. The highest BCUT2D eigenvalue weighted by Crippen LogP contribution is 2.64. The van der Waals surface area contributed by atoms with E-state index < -0.39 is 5.92 Å². The zero-order valence-electron chi connectivity index (χ0n) is 6.52. The van der Waals surface area contributed by atoms with Crippen LogP contribution in [0.15, 0.2) is 0 Å². The fourth-order valence-corrected chi connectivity index (χ4v) is 2.14. The van der Waals surface area contributed by atoms with E-state index in [2.05, 4.69) is 0 Å². The number of hydrogen-bond donors (Lipinski definition) is 0. The molecule has 0 aliphatic heterocycles. The second kappa shape index (κ2) is 2.16. The van der Waals surface area contributed by atoms with Crippen molar-refractivity contribution >= 4 is 0 Å². The minimum atomic E-state index is -2.34. The highest BCUT2D eigenvalue weighted by atomic mass is 19.3. The molecule has 0 amide bonds. The molecule has 2 atom stereocenters. The van der Waals surface area contributed by atoms with Crippen LogP contribution in [0.5, 0.6) is 0 Å². The maximum Gasteiger partial charge on any atom is 0.254 e. The molecule has 0 N–H and O–H groups in total. The second-order valence-electron chi connectivity index (χ2n) is 3.44. The predicted molar refractivity (Wildman–Crippen MR) is 36.6 cm³/mol. The summed E-state index contributed by atoms with van der Waals surface area (Å²) >= 11 is 0. The molecule has 0 heterocycles. The lowest BCUT2D eigenvalue weighted by molar-refractivity contribution is 0.00752. The van der Waals surface area contributed by atoms with E-state index in [0.717, 1.165) is 0 Å². The van der Waals surface area contributed by atoms with Gasteiger partial charge in [0.25, 0.3) is 5.92 Å². The first-order valence-corrected chi connectivity index (χ1v) is 4.15. The molecule has 2 fully saturated rings. The molecule has 0 aromatic heterocycles. The fraction of sp³-hybridized carbons (Fsp3) is 1.00. The average Bonchev–Trinajstić information content (AvgIpc) is 2.37. The number of halogens is 2. The Morgan fingerprint density at radius 3 is 2.36 bits per heavy atom. The Morgan fingerprint density at radius 2 is 1.91 bits per heavy atom. The SMILES string of the molecule is CCOC1CC2C(C1)C2(F)F. The molecule has 2 rings (SSSR count). The summed E-state index contributed by atoms with van der Waals surface area (Å²) < 4.78 is 30.5. The average molecular weight is 162 g/mol.